The first-order valence-electron chi connectivity index (χ1n) is 6.23. The molecule has 0 aliphatic carbocycles. The number of rotatable bonds is 5. The summed E-state index contributed by atoms with van der Waals surface area (Å²) in [6.07, 6.45) is -0.703. The average Bonchev–Trinajstić information content (AvgIpc) is 2.40. The van der Waals surface area contributed by atoms with E-state index in [0.717, 1.165) is 0 Å². The van der Waals surface area contributed by atoms with E-state index in [-0.39, 0.29) is 51.4 Å². The molecule has 0 amide bonds. The Balaban J connectivity index is 0.00000180. The molecule has 3 heteroatoms. The van der Waals surface area contributed by atoms with E-state index >= 15 is 0 Å². The molecule has 0 heterocycles. The van der Waals surface area contributed by atoms with Gasteiger partial charge in [0.15, 0.2) is 0 Å². The van der Waals surface area contributed by atoms with Crippen molar-refractivity contribution in [3.8, 4) is 0 Å². The Morgan fingerprint density at radius 2 is 1.21 bits per heavy atom. The van der Waals surface area contributed by atoms with Gasteiger partial charge in [0, 0.05) is 13.1 Å². The van der Waals surface area contributed by atoms with Crippen LogP contribution in [-0.2, 0) is 13.1 Å². The molecule has 0 aromatic heterocycles. The molecule has 2 nitrogen and oxygen atoms in total. The monoisotopic (exact) mass is 279 g/mol. The molecule has 2 aromatic rings. The molecule has 0 fully saturated rings. The number of hydrogen-bond acceptors (Lipinski definition) is 2. The zero-order valence-electron chi connectivity index (χ0n) is 11.6. The second-order valence-electron chi connectivity index (χ2n) is 4.48. The van der Waals surface area contributed by atoms with Crippen molar-refractivity contribution in [2.45, 2.75) is 26.2 Å². The molecular weight excluding hydrogens is 261 g/mol. The second kappa shape index (κ2) is 9.03. The van der Waals surface area contributed by atoms with Gasteiger partial charge in [-0.3, -0.25) is 0 Å². The number of benzene rings is 2. The maximum Gasteiger partial charge on any atom is 1.00 e. The van der Waals surface area contributed by atoms with E-state index in [0.29, 0.717) is 13.1 Å². The molecular formula is C16H18KNO. The summed E-state index contributed by atoms with van der Waals surface area (Å²) in [6.45, 7) is 3.09. The summed E-state index contributed by atoms with van der Waals surface area (Å²) < 4.78 is 0. The first-order valence-corrected chi connectivity index (χ1v) is 6.23. The zero-order valence-corrected chi connectivity index (χ0v) is 14.7. The van der Waals surface area contributed by atoms with Crippen molar-refractivity contribution in [1.82, 2.24) is 4.90 Å². The molecule has 0 saturated carbocycles. The van der Waals surface area contributed by atoms with Crippen molar-refractivity contribution in [3.05, 3.63) is 71.8 Å². The Labute approximate surface area is 157 Å². The quantitative estimate of drug-likeness (QED) is 0.540. The minimum absolute atomic E-state index is 0. The molecule has 0 spiro atoms. The first kappa shape index (κ1) is 17.0. The van der Waals surface area contributed by atoms with E-state index in [4.69, 9.17) is 0 Å². The van der Waals surface area contributed by atoms with Crippen molar-refractivity contribution in [2.24, 2.45) is 0 Å². The molecule has 0 aliphatic rings. The summed E-state index contributed by atoms with van der Waals surface area (Å²) >= 11 is 0. The molecule has 0 aliphatic heterocycles. The molecule has 1 atom stereocenters. The van der Waals surface area contributed by atoms with Gasteiger partial charge < -0.3 is 10.0 Å². The van der Waals surface area contributed by atoms with Gasteiger partial charge in [0.25, 0.3) is 0 Å². The Morgan fingerprint density at radius 1 is 0.842 bits per heavy atom. The Hall–Kier alpha value is -0.00364. The SMILES string of the molecule is CC([O-])N(Cc1ccccc1)Cc1ccccc1.[K+]. The number of nitrogens with zero attached hydrogens (tertiary/aromatic N) is 1. The molecule has 1 unspecified atom stereocenters. The van der Waals surface area contributed by atoms with Crippen LogP contribution in [0.4, 0.5) is 0 Å². The van der Waals surface area contributed by atoms with Gasteiger partial charge in [0.1, 0.15) is 0 Å². The summed E-state index contributed by atoms with van der Waals surface area (Å²) in [4.78, 5) is 1.94. The fourth-order valence-electron chi connectivity index (χ4n) is 1.95. The maximum atomic E-state index is 11.8. The van der Waals surface area contributed by atoms with Gasteiger partial charge in [-0.05, 0) is 11.1 Å². The van der Waals surface area contributed by atoms with Crippen molar-refractivity contribution < 1.29 is 56.5 Å². The first-order chi connectivity index (χ1) is 8.75. The topological polar surface area (TPSA) is 26.3 Å². The standard InChI is InChI=1S/C16H18NO.K/c1-14(18)17(12-15-8-4-2-5-9-15)13-16-10-6-3-7-11-16;/h2-11,14H,12-13H2,1H3;/q-1;+1. The van der Waals surface area contributed by atoms with Crippen LogP contribution in [0, 0.1) is 0 Å². The van der Waals surface area contributed by atoms with E-state index < -0.39 is 6.23 Å². The Bertz CT molecular complexity index is 417. The third kappa shape index (κ3) is 5.88. The van der Waals surface area contributed by atoms with Crippen LogP contribution in [0.3, 0.4) is 0 Å². The molecule has 0 bridgehead atoms. The maximum absolute atomic E-state index is 11.8. The van der Waals surface area contributed by atoms with Crippen LogP contribution in [0.15, 0.2) is 60.7 Å². The second-order valence-corrected chi connectivity index (χ2v) is 4.48. The molecule has 94 valence electrons. The minimum atomic E-state index is -0.703. The average molecular weight is 279 g/mol. The van der Waals surface area contributed by atoms with Gasteiger partial charge in [0.05, 0.1) is 0 Å². The van der Waals surface area contributed by atoms with Crippen LogP contribution in [0.2, 0.25) is 0 Å². The minimum Gasteiger partial charge on any atom is -0.841 e. The van der Waals surface area contributed by atoms with Crippen LogP contribution in [0.5, 0.6) is 0 Å². The number of hydrogen-bond donors (Lipinski definition) is 0. The summed E-state index contributed by atoms with van der Waals surface area (Å²) in [7, 11) is 0. The Kier molecular flexibility index (Phi) is 8.10. The fourth-order valence-corrected chi connectivity index (χ4v) is 1.95. The molecule has 2 rings (SSSR count). The molecule has 2 aromatic carbocycles. The van der Waals surface area contributed by atoms with Crippen LogP contribution in [0.25, 0.3) is 0 Å². The van der Waals surface area contributed by atoms with Crippen molar-refractivity contribution in [3.63, 3.8) is 0 Å². The predicted octanol–water partition coefficient (Wildman–Crippen LogP) is -0.601. The predicted molar refractivity (Wildman–Crippen MR) is 71.6 cm³/mol. The Morgan fingerprint density at radius 3 is 1.53 bits per heavy atom. The molecule has 0 N–H and O–H groups in total. The van der Waals surface area contributed by atoms with Gasteiger partial charge in [-0.15, -0.1) is 0 Å². The van der Waals surface area contributed by atoms with Gasteiger partial charge in [-0.1, -0.05) is 73.8 Å². The van der Waals surface area contributed by atoms with E-state index in [1.807, 2.05) is 41.3 Å². The fraction of sp³-hybridized carbons (Fsp3) is 0.250. The van der Waals surface area contributed by atoms with Crippen molar-refractivity contribution in [1.29, 1.82) is 0 Å². The smallest absolute Gasteiger partial charge is 0.841 e. The van der Waals surface area contributed by atoms with Crippen LogP contribution in [-0.4, -0.2) is 11.1 Å². The summed E-state index contributed by atoms with van der Waals surface area (Å²) in [5.74, 6) is 0. The van der Waals surface area contributed by atoms with Gasteiger partial charge in [-0.25, -0.2) is 0 Å². The third-order valence-electron chi connectivity index (χ3n) is 2.97. The molecule has 19 heavy (non-hydrogen) atoms. The van der Waals surface area contributed by atoms with Gasteiger partial charge in [0.2, 0.25) is 0 Å². The molecule has 0 radical (unpaired) electrons. The van der Waals surface area contributed by atoms with Crippen LogP contribution in [0.1, 0.15) is 18.1 Å². The van der Waals surface area contributed by atoms with Crippen molar-refractivity contribution in [2.75, 3.05) is 0 Å². The zero-order chi connectivity index (χ0) is 12.8. The van der Waals surface area contributed by atoms with Crippen LogP contribution >= 0.6 is 0 Å². The van der Waals surface area contributed by atoms with Gasteiger partial charge in [-0.2, -0.15) is 0 Å². The van der Waals surface area contributed by atoms with E-state index in [2.05, 4.69) is 24.3 Å². The largest absolute Gasteiger partial charge is 1.00 e. The summed E-state index contributed by atoms with van der Waals surface area (Å²) in [5, 5.41) is 11.8. The molecule has 0 saturated heterocycles. The van der Waals surface area contributed by atoms with E-state index in [1.165, 1.54) is 11.1 Å². The van der Waals surface area contributed by atoms with Crippen LogP contribution < -0.4 is 56.5 Å². The normalized spacial score (nSPS) is 11.9. The summed E-state index contributed by atoms with van der Waals surface area (Å²) in [5.41, 5.74) is 2.35. The van der Waals surface area contributed by atoms with E-state index in [1.54, 1.807) is 6.92 Å². The third-order valence-corrected chi connectivity index (χ3v) is 2.97. The van der Waals surface area contributed by atoms with Gasteiger partial charge >= 0.3 is 51.4 Å². The van der Waals surface area contributed by atoms with E-state index in [9.17, 15) is 5.11 Å². The summed E-state index contributed by atoms with van der Waals surface area (Å²) in [6, 6.07) is 20.2. The van der Waals surface area contributed by atoms with Crippen molar-refractivity contribution >= 4 is 0 Å².